The third-order valence-corrected chi connectivity index (χ3v) is 4.53. The van der Waals surface area contributed by atoms with Gasteiger partial charge in [-0.15, -0.1) is 0 Å². The molecule has 0 aromatic heterocycles. The summed E-state index contributed by atoms with van der Waals surface area (Å²) in [6, 6.07) is 27.4. The smallest absolute Gasteiger partial charge is 0.267 e. The van der Waals surface area contributed by atoms with Gasteiger partial charge in [0.1, 0.15) is 6.61 Å². The minimum absolute atomic E-state index is 0.0720. The molecule has 0 fully saturated rings. The first-order valence-corrected chi connectivity index (χ1v) is 9.05. The number of para-hydroxylation sites is 2. The first-order chi connectivity index (χ1) is 13.3. The second kappa shape index (κ2) is 7.96. The Morgan fingerprint density at radius 3 is 1.89 bits per heavy atom. The minimum atomic E-state index is -0.646. The van der Waals surface area contributed by atoms with E-state index in [2.05, 4.69) is 0 Å². The van der Waals surface area contributed by atoms with Crippen molar-refractivity contribution in [2.24, 2.45) is 0 Å². The number of hydrogen-bond donors (Lipinski definition) is 0. The average molecular weight is 359 g/mol. The molecule has 4 heteroatoms. The lowest BCUT2D eigenvalue weighted by molar-refractivity contribution is -0.142. The molecule has 0 spiro atoms. The fourth-order valence-corrected chi connectivity index (χ4v) is 3.16. The van der Waals surface area contributed by atoms with E-state index in [1.807, 2.05) is 89.8 Å². The molecule has 0 radical (unpaired) electrons. The van der Waals surface area contributed by atoms with Crippen molar-refractivity contribution in [1.82, 2.24) is 4.90 Å². The van der Waals surface area contributed by atoms with Gasteiger partial charge in [0.25, 0.3) is 5.91 Å². The molecule has 1 aliphatic heterocycles. The maximum absolute atomic E-state index is 13.2. The maximum atomic E-state index is 13.2. The standard InChI is InChI=1S/C23H21NO3/c25-23(22-17-26-20-13-7-8-14-21(20)27-22)24(15-18-9-3-1-4-10-18)16-19-11-5-2-6-12-19/h1-14,22H,15-17H2. The number of amides is 1. The Bertz CT molecular complexity index is 854. The zero-order chi connectivity index (χ0) is 18.5. The van der Waals surface area contributed by atoms with Crippen LogP contribution in [0.25, 0.3) is 0 Å². The van der Waals surface area contributed by atoms with E-state index in [1.165, 1.54) is 0 Å². The number of ether oxygens (including phenoxy) is 2. The van der Waals surface area contributed by atoms with E-state index in [1.54, 1.807) is 0 Å². The van der Waals surface area contributed by atoms with Crippen LogP contribution < -0.4 is 9.47 Å². The monoisotopic (exact) mass is 359 g/mol. The van der Waals surface area contributed by atoms with Gasteiger partial charge in [0, 0.05) is 13.1 Å². The Balaban J connectivity index is 1.55. The Hall–Kier alpha value is -3.27. The first-order valence-electron chi connectivity index (χ1n) is 9.05. The summed E-state index contributed by atoms with van der Waals surface area (Å²) in [7, 11) is 0. The Morgan fingerprint density at radius 1 is 0.778 bits per heavy atom. The number of nitrogens with zero attached hydrogens (tertiary/aromatic N) is 1. The van der Waals surface area contributed by atoms with Crippen LogP contribution in [0.4, 0.5) is 0 Å². The second-order valence-corrected chi connectivity index (χ2v) is 6.53. The molecule has 4 rings (SSSR count). The van der Waals surface area contributed by atoms with Gasteiger partial charge in [-0.25, -0.2) is 0 Å². The summed E-state index contributed by atoms with van der Waals surface area (Å²) in [6.45, 7) is 1.27. The first kappa shape index (κ1) is 17.2. The number of carbonyl (C=O) groups is 1. The molecular formula is C23H21NO3. The molecule has 0 saturated carbocycles. The Morgan fingerprint density at radius 2 is 1.30 bits per heavy atom. The molecule has 1 heterocycles. The summed E-state index contributed by atoms with van der Waals surface area (Å²) < 4.78 is 11.7. The van der Waals surface area contributed by atoms with E-state index in [4.69, 9.17) is 9.47 Å². The van der Waals surface area contributed by atoms with Crippen LogP contribution in [-0.2, 0) is 17.9 Å². The highest BCUT2D eigenvalue weighted by molar-refractivity contribution is 5.82. The fraction of sp³-hybridized carbons (Fsp3) is 0.174. The van der Waals surface area contributed by atoms with E-state index in [-0.39, 0.29) is 12.5 Å². The quantitative estimate of drug-likeness (QED) is 0.690. The van der Waals surface area contributed by atoms with Gasteiger partial charge in [-0.1, -0.05) is 72.8 Å². The number of benzene rings is 3. The van der Waals surface area contributed by atoms with Crippen LogP contribution in [0.1, 0.15) is 11.1 Å². The molecule has 1 aliphatic rings. The van der Waals surface area contributed by atoms with Crippen molar-refractivity contribution in [2.75, 3.05) is 6.61 Å². The van der Waals surface area contributed by atoms with Crippen molar-refractivity contribution in [1.29, 1.82) is 0 Å². The van der Waals surface area contributed by atoms with Crippen LogP contribution in [0, 0.1) is 0 Å². The number of fused-ring (bicyclic) bond motifs is 1. The van der Waals surface area contributed by atoms with Crippen molar-refractivity contribution < 1.29 is 14.3 Å². The van der Waals surface area contributed by atoms with Crippen molar-refractivity contribution in [3.8, 4) is 11.5 Å². The minimum Gasteiger partial charge on any atom is -0.485 e. The molecule has 27 heavy (non-hydrogen) atoms. The molecule has 3 aromatic rings. The Labute approximate surface area is 159 Å². The van der Waals surface area contributed by atoms with Crippen LogP contribution in [0.2, 0.25) is 0 Å². The molecule has 1 atom stereocenters. The lowest BCUT2D eigenvalue weighted by atomic mass is 10.1. The molecule has 0 N–H and O–H groups in total. The normalized spacial score (nSPS) is 15.2. The lowest BCUT2D eigenvalue weighted by Gasteiger charge is -2.31. The Kier molecular flexibility index (Phi) is 5.06. The van der Waals surface area contributed by atoms with Crippen LogP contribution >= 0.6 is 0 Å². The zero-order valence-electron chi connectivity index (χ0n) is 15.0. The summed E-state index contributed by atoms with van der Waals surface area (Å²) in [5, 5.41) is 0. The van der Waals surface area contributed by atoms with Gasteiger partial charge >= 0.3 is 0 Å². The number of hydrogen-bond acceptors (Lipinski definition) is 3. The maximum Gasteiger partial charge on any atom is 0.267 e. The van der Waals surface area contributed by atoms with Gasteiger partial charge in [0.2, 0.25) is 6.10 Å². The predicted octanol–water partition coefficient (Wildman–Crippen LogP) is 4.06. The van der Waals surface area contributed by atoms with Crippen LogP contribution in [0.5, 0.6) is 11.5 Å². The van der Waals surface area contributed by atoms with Crippen LogP contribution in [-0.4, -0.2) is 23.5 Å². The molecule has 0 saturated heterocycles. The van der Waals surface area contributed by atoms with Crippen molar-refractivity contribution >= 4 is 5.91 Å². The van der Waals surface area contributed by atoms with Gasteiger partial charge in [0.05, 0.1) is 0 Å². The second-order valence-electron chi connectivity index (χ2n) is 6.53. The molecule has 4 nitrogen and oxygen atoms in total. The third-order valence-electron chi connectivity index (χ3n) is 4.53. The topological polar surface area (TPSA) is 38.8 Å². The number of carbonyl (C=O) groups excluding carboxylic acids is 1. The van der Waals surface area contributed by atoms with E-state index in [9.17, 15) is 4.79 Å². The molecule has 1 amide bonds. The van der Waals surface area contributed by atoms with Crippen LogP contribution in [0.15, 0.2) is 84.9 Å². The summed E-state index contributed by atoms with van der Waals surface area (Å²) in [6.07, 6.45) is -0.646. The highest BCUT2D eigenvalue weighted by atomic mass is 16.6. The summed E-state index contributed by atoms with van der Waals surface area (Å²) in [5.41, 5.74) is 2.16. The van der Waals surface area contributed by atoms with Gasteiger partial charge in [0.15, 0.2) is 11.5 Å². The number of rotatable bonds is 5. The SMILES string of the molecule is O=C(C1COc2ccccc2O1)N(Cc1ccccc1)Cc1ccccc1. The average Bonchev–Trinajstić information content (AvgIpc) is 2.74. The van der Waals surface area contributed by atoms with Gasteiger partial charge in [-0.05, 0) is 23.3 Å². The molecule has 136 valence electrons. The molecule has 0 bridgehead atoms. The predicted molar refractivity (Wildman–Crippen MR) is 103 cm³/mol. The van der Waals surface area contributed by atoms with Crippen LogP contribution in [0.3, 0.4) is 0 Å². The summed E-state index contributed by atoms with van der Waals surface area (Å²) in [4.78, 5) is 15.1. The van der Waals surface area contributed by atoms with E-state index in [0.29, 0.717) is 24.6 Å². The fourth-order valence-electron chi connectivity index (χ4n) is 3.16. The molecule has 0 aliphatic carbocycles. The van der Waals surface area contributed by atoms with E-state index >= 15 is 0 Å². The summed E-state index contributed by atoms with van der Waals surface area (Å²) in [5.74, 6) is 1.22. The largest absolute Gasteiger partial charge is 0.485 e. The summed E-state index contributed by atoms with van der Waals surface area (Å²) >= 11 is 0. The third kappa shape index (κ3) is 4.11. The van der Waals surface area contributed by atoms with Crippen molar-refractivity contribution in [3.05, 3.63) is 96.1 Å². The lowest BCUT2D eigenvalue weighted by Crippen LogP contribution is -2.45. The van der Waals surface area contributed by atoms with E-state index < -0.39 is 6.10 Å². The highest BCUT2D eigenvalue weighted by Crippen LogP contribution is 2.31. The van der Waals surface area contributed by atoms with Crippen molar-refractivity contribution in [2.45, 2.75) is 19.2 Å². The molecule has 1 unspecified atom stereocenters. The van der Waals surface area contributed by atoms with Gasteiger partial charge in [-0.2, -0.15) is 0 Å². The highest BCUT2D eigenvalue weighted by Gasteiger charge is 2.31. The molecular weight excluding hydrogens is 338 g/mol. The molecule has 3 aromatic carbocycles. The van der Waals surface area contributed by atoms with Gasteiger partial charge < -0.3 is 14.4 Å². The van der Waals surface area contributed by atoms with Crippen molar-refractivity contribution in [3.63, 3.8) is 0 Å². The van der Waals surface area contributed by atoms with E-state index in [0.717, 1.165) is 11.1 Å². The van der Waals surface area contributed by atoms with Gasteiger partial charge in [-0.3, -0.25) is 4.79 Å². The zero-order valence-corrected chi connectivity index (χ0v) is 15.0.